The normalized spacial score (nSPS) is 15.4. The fourth-order valence-corrected chi connectivity index (χ4v) is 2.37. The summed E-state index contributed by atoms with van der Waals surface area (Å²) in [6.45, 7) is 1.98. The van der Waals surface area contributed by atoms with Gasteiger partial charge in [-0.05, 0) is 49.9 Å². The average Bonchev–Trinajstić information content (AvgIpc) is 3.26. The van der Waals surface area contributed by atoms with Gasteiger partial charge in [-0.15, -0.1) is 0 Å². The highest BCUT2D eigenvalue weighted by Crippen LogP contribution is 2.40. The van der Waals surface area contributed by atoms with Crippen molar-refractivity contribution >= 4 is 11.7 Å². The minimum Gasteiger partial charge on any atom is -0.484 e. The molecule has 1 heterocycles. The number of benzene rings is 1. The van der Waals surface area contributed by atoms with E-state index in [1.807, 2.05) is 4.68 Å². The summed E-state index contributed by atoms with van der Waals surface area (Å²) in [5.74, 6) is 1.17. The molecule has 0 aliphatic heterocycles. The maximum atomic E-state index is 12.8. The lowest BCUT2D eigenvalue weighted by Crippen LogP contribution is -2.23. The van der Waals surface area contributed by atoms with Crippen LogP contribution in [-0.4, -0.2) is 22.3 Å². The number of amides is 1. The van der Waals surface area contributed by atoms with E-state index in [0.717, 1.165) is 0 Å². The van der Waals surface area contributed by atoms with Gasteiger partial charge < -0.3 is 10.1 Å². The molecular weight excluding hydrogens is 285 g/mol. The van der Waals surface area contributed by atoms with Crippen molar-refractivity contribution < 1.29 is 13.9 Å². The van der Waals surface area contributed by atoms with E-state index < -0.39 is 0 Å². The molecule has 22 heavy (non-hydrogen) atoms. The van der Waals surface area contributed by atoms with Crippen LogP contribution in [0.2, 0.25) is 0 Å². The van der Waals surface area contributed by atoms with Crippen LogP contribution in [0.25, 0.3) is 0 Å². The molecule has 1 amide bonds. The molecule has 116 valence electrons. The lowest BCUT2D eigenvalue weighted by atomic mass is 10.2. The van der Waals surface area contributed by atoms with Gasteiger partial charge >= 0.3 is 0 Å². The molecule has 1 atom stereocenters. The predicted molar refractivity (Wildman–Crippen MR) is 80.2 cm³/mol. The van der Waals surface area contributed by atoms with Crippen LogP contribution >= 0.6 is 0 Å². The molecular formula is C16H18FN3O2. The van der Waals surface area contributed by atoms with Crippen LogP contribution in [-0.2, 0) is 4.79 Å². The van der Waals surface area contributed by atoms with E-state index in [1.165, 1.54) is 37.1 Å². The predicted octanol–water partition coefficient (Wildman–Crippen LogP) is 3.01. The third-order valence-corrected chi connectivity index (χ3v) is 3.81. The van der Waals surface area contributed by atoms with Crippen molar-refractivity contribution in [2.45, 2.75) is 25.8 Å². The zero-order valence-electron chi connectivity index (χ0n) is 12.3. The summed E-state index contributed by atoms with van der Waals surface area (Å²) in [5.41, 5.74) is 0. The van der Waals surface area contributed by atoms with Gasteiger partial charge in [0.2, 0.25) is 0 Å². The maximum Gasteiger partial charge on any atom is 0.263 e. The number of ether oxygens (including phenoxy) is 1. The number of carbonyl (C=O) groups excluding carboxylic acids is 1. The number of aromatic nitrogens is 2. The highest BCUT2D eigenvalue weighted by Gasteiger charge is 2.30. The van der Waals surface area contributed by atoms with Crippen LogP contribution in [0.1, 0.15) is 25.8 Å². The van der Waals surface area contributed by atoms with E-state index in [0.29, 0.717) is 17.5 Å². The van der Waals surface area contributed by atoms with E-state index in [2.05, 4.69) is 17.3 Å². The SMILES string of the molecule is C[C@@H](C1CC1)n1nccc1NC(=O)COc1ccc(F)cc1. The zero-order chi connectivity index (χ0) is 15.5. The molecule has 0 unspecified atom stereocenters. The van der Waals surface area contributed by atoms with E-state index in [1.54, 1.807) is 12.3 Å². The summed E-state index contributed by atoms with van der Waals surface area (Å²) < 4.78 is 19.9. The van der Waals surface area contributed by atoms with Crippen LogP contribution in [0.15, 0.2) is 36.5 Å². The van der Waals surface area contributed by atoms with E-state index in [4.69, 9.17) is 4.74 Å². The summed E-state index contributed by atoms with van der Waals surface area (Å²) in [6, 6.07) is 7.61. The second kappa shape index (κ2) is 6.17. The highest BCUT2D eigenvalue weighted by molar-refractivity contribution is 5.91. The monoisotopic (exact) mass is 303 g/mol. The second-order valence-corrected chi connectivity index (χ2v) is 5.53. The summed E-state index contributed by atoms with van der Waals surface area (Å²) in [6.07, 6.45) is 4.10. The van der Waals surface area contributed by atoms with Crippen molar-refractivity contribution in [1.82, 2.24) is 9.78 Å². The van der Waals surface area contributed by atoms with E-state index in [-0.39, 0.29) is 24.4 Å². The molecule has 1 aromatic carbocycles. The first-order valence-electron chi connectivity index (χ1n) is 7.35. The summed E-state index contributed by atoms with van der Waals surface area (Å²) >= 11 is 0. The van der Waals surface area contributed by atoms with Gasteiger partial charge in [0.25, 0.3) is 5.91 Å². The maximum absolute atomic E-state index is 12.8. The Balaban J connectivity index is 1.55. The van der Waals surface area contributed by atoms with Crippen LogP contribution in [0, 0.1) is 11.7 Å². The number of hydrogen-bond acceptors (Lipinski definition) is 3. The Kier molecular flexibility index (Phi) is 4.09. The van der Waals surface area contributed by atoms with Gasteiger partial charge in [-0.2, -0.15) is 5.10 Å². The van der Waals surface area contributed by atoms with Gasteiger partial charge in [0.05, 0.1) is 12.2 Å². The Morgan fingerprint density at radius 2 is 2.14 bits per heavy atom. The minimum absolute atomic E-state index is 0.130. The Hall–Kier alpha value is -2.37. The van der Waals surface area contributed by atoms with Gasteiger partial charge in [0.1, 0.15) is 17.4 Å². The molecule has 1 fully saturated rings. The van der Waals surface area contributed by atoms with Gasteiger partial charge in [0.15, 0.2) is 6.61 Å². The Bertz CT molecular complexity index is 650. The lowest BCUT2D eigenvalue weighted by Gasteiger charge is -2.15. The van der Waals surface area contributed by atoms with Gasteiger partial charge in [-0.25, -0.2) is 9.07 Å². The standard InChI is InChI=1S/C16H18FN3O2/c1-11(12-2-3-12)20-15(8-9-18-20)19-16(21)10-22-14-6-4-13(17)5-7-14/h4-9,11-12H,2-3,10H2,1H3,(H,19,21)/t11-/m0/s1. The number of nitrogens with zero attached hydrogens (tertiary/aromatic N) is 2. The second-order valence-electron chi connectivity index (χ2n) is 5.53. The lowest BCUT2D eigenvalue weighted by molar-refractivity contribution is -0.118. The third kappa shape index (κ3) is 3.44. The van der Waals surface area contributed by atoms with Gasteiger partial charge in [-0.1, -0.05) is 0 Å². The van der Waals surface area contributed by atoms with Gasteiger partial charge in [0, 0.05) is 6.07 Å². The van der Waals surface area contributed by atoms with Gasteiger partial charge in [-0.3, -0.25) is 4.79 Å². The van der Waals surface area contributed by atoms with Crippen molar-refractivity contribution in [2.24, 2.45) is 5.92 Å². The fraction of sp³-hybridized carbons (Fsp3) is 0.375. The molecule has 3 rings (SSSR count). The van der Waals surface area contributed by atoms with Crippen LogP contribution < -0.4 is 10.1 Å². The third-order valence-electron chi connectivity index (χ3n) is 3.81. The number of rotatable bonds is 6. The molecule has 1 aliphatic carbocycles. The molecule has 1 aliphatic rings. The molecule has 0 spiro atoms. The largest absolute Gasteiger partial charge is 0.484 e. The summed E-state index contributed by atoms with van der Waals surface area (Å²) in [7, 11) is 0. The smallest absolute Gasteiger partial charge is 0.263 e. The summed E-state index contributed by atoms with van der Waals surface area (Å²) in [4.78, 5) is 12.0. The van der Waals surface area contributed by atoms with Crippen molar-refractivity contribution in [2.75, 3.05) is 11.9 Å². The number of carbonyl (C=O) groups is 1. The van der Waals surface area contributed by atoms with E-state index in [9.17, 15) is 9.18 Å². The van der Waals surface area contributed by atoms with Crippen molar-refractivity contribution in [1.29, 1.82) is 0 Å². The number of hydrogen-bond donors (Lipinski definition) is 1. The first kappa shape index (κ1) is 14.6. The summed E-state index contributed by atoms with van der Waals surface area (Å²) in [5, 5.41) is 7.08. The zero-order valence-corrected chi connectivity index (χ0v) is 12.3. The van der Waals surface area contributed by atoms with Crippen molar-refractivity contribution in [3.8, 4) is 5.75 Å². The first-order valence-corrected chi connectivity index (χ1v) is 7.35. The Morgan fingerprint density at radius 1 is 1.41 bits per heavy atom. The minimum atomic E-state index is -0.338. The van der Waals surface area contributed by atoms with Crippen molar-refractivity contribution in [3.05, 3.63) is 42.3 Å². The van der Waals surface area contributed by atoms with Crippen LogP contribution in [0.5, 0.6) is 5.75 Å². The number of halogens is 1. The Morgan fingerprint density at radius 3 is 2.82 bits per heavy atom. The molecule has 0 saturated heterocycles. The molecule has 5 nitrogen and oxygen atoms in total. The molecule has 1 N–H and O–H groups in total. The number of nitrogens with one attached hydrogen (secondary N) is 1. The first-order chi connectivity index (χ1) is 10.6. The average molecular weight is 303 g/mol. The molecule has 1 saturated carbocycles. The fourth-order valence-electron chi connectivity index (χ4n) is 2.37. The highest BCUT2D eigenvalue weighted by atomic mass is 19.1. The molecule has 6 heteroatoms. The van der Waals surface area contributed by atoms with Crippen LogP contribution in [0.3, 0.4) is 0 Å². The Labute approximate surface area is 128 Å². The van der Waals surface area contributed by atoms with Crippen molar-refractivity contribution in [3.63, 3.8) is 0 Å². The van der Waals surface area contributed by atoms with E-state index >= 15 is 0 Å². The molecule has 0 bridgehead atoms. The molecule has 2 aromatic rings. The molecule has 0 radical (unpaired) electrons. The molecule has 1 aromatic heterocycles. The topological polar surface area (TPSA) is 56.2 Å². The van der Waals surface area contributed by atoms with Crippen LogP contribution in [0.4, 0.5) is 10.2 Å². The quantitative estimate of drug-likeness (QED) is 0.892. The number of anilines is 1.